The topological polar surface area (TPSA) is 78.9 Å². The fraction of sp³-hybridized carbons (Fsp3) is 0.300. The van der Waals surface area contributed by atoms with Gasteiger partial charge < -0.3 is 20.1 Å². The van der Waals surface area contributed by atoms with Gasteiger partial charge in [0, 0.05) is 28.6 Å². The molecule has 2 amide bonds. The first-order valence-electron chi connectivity index (χ1n) is 8.61. The van der Waals surface area contributed by atoms with Crippen LogP contribution in [-0.4, -0.2) is 42.2 Å². The highest BCUT2D eigenvalue weighted by Gasteiger charge is 2.42. The summed E-state index contributed by atoms with van der Waals surface area (Å²) in [5.74, 6) is -0.0453. The van der Waals surface area contributed by atoms with Gasteiger partial charge in [-0.3, -0.25) is 4.79 Å². The van der Waals surface area contributed by atoms with Crippen LogP contribution < -0.4 is 10.1 Å². The average Bonchev–Trinajstić information content (AvgIpc) is 3.08. The molecule has 0 saturated carbocycles. The van der Waals surface area contributed by atoms with Crippen molar-refractivity contribution in [3.8, 4) is 5.75 Å². The van der Waals surface area contributed by atoms with Gasteiger partial charge in [-0.2, -0.15) is 0 Å². The van der Waals surface area contributed by atoms with E-state index in [-0.39, 0.29) is 12.6 Å². The minimum absolute atomic E-state index is 0.222. The molecule has 2 N–H and O–H groups in total. The molecule has 1 atom stereocenters. The second kappa shape index (κ2) is 7.92. The lowest BCUT2D eigenvalue weighted by atomic mass is 9.90. The summed E-state index contributed by atoms with van der Waals surface area (Å²) in [6, 6.07) is 15.1. The average molecular weight is 386 g/mol. The molecule has 1 heterocycles. The van der Waals surface area contributed by atoms with E-state index < -0.39 is 11.4 Å². The first-order chi connectivity index (χ1) is 12.9. The van der Waals surface area contributed by atoms with Gasteiger partial charge >= 0.3 is 12.0 Å². The maximum absolute atomic E-state index is 12.4. The Hall–Kier alpha value is -2.67. The van der Waals surface area contributed by atoms with E-state index in [0.29, 0.717) is 18.7 Å². The van der Waals surface area contributed by atoms with Gasteiger partial charge in [0.2, 0.25) is 0 Å². The van der Waals surface area contributed by atoms with Crippen LogP contribution in [0.5, 0.6) is 5.75 Å². The number of amides is 2. The maximum atomic E-state index is 12.4. The fourth-order valence-electron chi connectivity index (χ4n) is 2.90. The molecule has 7 heteroatoms. The number of nitrogens with zero attached hydrogens (tertiary/aromatic N) is 1. The summed E-state index contributed by atoms with van der Waals surface area (Å²) >= 11 is 1.62. The second-order valence-electron chi connectivity index (χ2n) is 6.77. The summed E-state index contributed by atoms with van der Waals surface area (Å²) in [5, 5.41) is 12.1. The zero-order valence-corrected chi connectivity index (χ0v) is 16.1. The molecule has 0 aromatic heterocycles. The van der Waals surface area contributed by atoms with Crippen LogP contribution in [0.2, 0.25) is 0 Å². The standard InChI is InChI=1S/C20H22N2O4S/c1-20(18(23)24)11-12-22(13-20)19(25)21-14-3-7-16(8-4-14)27-17-9-5-15(26-2)6-10-17/h3-10H,11-13H2,1-2H3,(H,21,25)(H,23,24). The van der Waals surface area contributed by atoms with Gasteiger partial charge in [-0.15, -0.1) is 0 Å². The third kappa shape index (κ3) is 4.54. The van der Waals surface area contributed by atoms with E-state index in [1.807, 2.05) is 48.5 Å². The quantitative estimate of drug-likeness (QED) is 0.806. The Morgan fingerprint density at radius 3 is 2.22 bits per heavy atom. The number of rotatable bonds is 5. The van der Waals surface area contributed by atoms with E-state index in [0.717, 1.165) is 15.5 Å². The first kappa shape index (κ1) is 19.1. The number of nitrogens with one attached hydrogen (secondary N) is 1. The Morgan fingerprint density at radius 1 is 1.11 bits per heavy atom. The van der Waals surface area contributed by atoms with Crippen LogP contribution in [0, 0.1) is 5.41 Å². The zero-order valence-electron chi connectivity index (χ0n) is 15.3. The maximum Gasteiger partial charge on any atom is 0.321 e. The number of ether oxygens (including phenoxy) is 1. The minimum Gasteiger partial charge on any atom is -0.497 e. The molecule has 1 aliphatic rings. The van der Waals surface area contributed by atoms with Crippen LogP contribution in [0.25, 0.3) is 0 Å². The highest BCUT2D eigenvalue weighted by Crippen LogP contribution is 2.31. The van der Waals surface area contributed by atoms with Gasteiger partial charge in [0.15, 0.2) is 0 Å². The molecule has 0 radical (unpaired) electrons. The van der Waals surface area contributed by atoms with Crippen LogP contribution in [-0.2, 0) is 4.79 Å². The summed E-state index contributed by atoms with van der Waals surface area (Å²) in [5.41, 5.74) is -0.182. The Labute approximate surface area is 162 Å². The fourth-order valence-corrected chi connectivity index (χ4v) is 3.71. The van der Waals surface area contributed by atoms with Crippen LogP contribution >= 0.6 is 11.8 Å². The van der Waals surface area contributed by atoms with Crippen LogP contribution in [0.3, 0.4) is 0 Å². The van der Waals surface area contributed by atoms with Crippen molar-refractivity contribution >= 4 is 29.4 Å². The molecule has 1 unspecified atom stereocenters. The number of benzene rings is 2. The van der Waals surface area contributed by atoms with Crippen LogP contribution in [0.15, 0.2) is 58.3 Å². The number of hydrogen-bond donors (Lipinski definition) is 2. The summed E-state index contributed by atoms with van der Waals surface area (Å²) in [6.07, 6.45) is 0.465. The molecule has 6 nitrogen and oxygen atoms in total. The minimum atomic E-state index is -0.865. The van der Waals surface area contributed by atoms with E-state index in [2.05, 4.69) is 5.32 Å². The summed E-state index contributed by atoms with van der Waals surface area (Å²) < 4.78 is 5.15. The van der Waals surface area contributed by atoms with Gasteiger partial charge in [0.25, 0.3) is 0 Å². The molecule has 27 heavy (non-hydrogen) atoms. The van der Waals surface area contributed by atoms with Crippen LogP contribution in [0.1, 0.15) is 13.3 Å². The number of hydrogen-bond acceptors (Lipinski definition) is 4. The van der Waals surface area contributed by atoms with E-state index in [1.54, 1.807) is 30.7 Å². The molecule has 2 aromatic rings. The zero-order chi connectivity index (χ0) is 19.4. The van der Waals surface area contributed by atoms with Crippen molar-refractivity contribution in [2.24, 2.45) is 5.41 Å². The molecule has 0 bridgehead atoms. The van der Waals surface area contributed by atoms with E-state index in [9.17, 15) is 14.7 Å². The summed E-state index contributed by atoms with van der Waals surface area (Å²) in [6.45, 7) is 2.34. The van der Waals surface area contributed by atoms with Crippen molar-refractivity contribution < 1.29 is 19.4 Å². The van der Waals surface area contributed by atoms with Crippen LogP contribution in [0.4, 0.5) is 10.5 Å². The van der Waals surface area contributed by atoms with E-state index in [4.69, 9.17) is 4.74 Å². The van der Waals surface area contributed by atoms with Crippen molar-refractivity contribution in [2.45, 2.75) is 23.1 Å². The third-order valence-electron chi connectivity index (χ3n) is 4.68. The van der Waals surface area contributed by atoms with Gasteiger partial charge in [0.1, 0.15) is 5.75 Å². The number of carboxylic acids is 1. The summed E-state index contributed by atoms with van der Waals surface area (Å²) in [7, 11) is 1.64. The molecule has 0 aliphatic carbocycles. The van der Waals surface area contributed by atoms with Crippen molar-refractivity contribution in [3.05, 3.63) is 48.5 Å². The highest BCUT2D eigenvalue weighted by molar-refractivity contribution is 7.99. The molecule has 3 rings (SSSR count). The molecular formula is C20H22N2O4S. The second-order valence-corrected chi connectivity index (χ2v) is 7.92. The van der Waals surface area contributed by atoms with Crippen molar-refractivity contribution in [1.29, 1.82) is 0 Å². The number of methoxy groups -OCH3 is 1. The Kier molecular flexibility index (Phi) is 5.60. The monoisotopic (exact) mass is 386 g/mol. The third-order valence-corrected chi connectivity index (χ3v) is 5.69. The number of aliphatic carboxylic acids is 1. The molecule has 0 spiro atoms. The highest BCUT2D eigenvalue weighted by atomic mass is 32.2. The van der Waals surface area contributed by atoms with E-state index in [1.165, 1.54) is 0 Å². The van der Waals surface area contributed by atoms with Gasteiger partial charge in [-0.05, 0) is 61.9 Å². The Morgan fingerprint density at radius 2 is 1.70 bits per heavy atom. The Bertz CT molecular complexity index is 823. The molecular weight excluding hydrogens is 364 g/mol. The molecule has 1 aliphatic heterocycles. The predicted molar refractivity (Wildman–Crippen MR) is 105 cm³/mol. The number of carboxylic acid groups (broad SMARTS) is 1. The SMILES string of the molecule is COc1ccc(Sc2ccc(NC(=O)N3CCC(C)(C(=O)O)C3)cc2)cc1. The molecule has 142 valence electrons. The summed E-state index contributed by atoms with van der Waals surface area (Å²) in [4.78, 5) is 27.4. The number of anilines is 1. The lowest BCUT2D eigenvalue weighted by Crippen LogP contribution is -2.37. The number of likely N-dealkylation sites (tertiary alicyclic amines) is 1. The van der Waals surface area contributed by atoms with Gasteiger partial charge in [-0.1, -0.05) is 11.8 Å². The van der Waals surface area contributed by atoms with Gasteiger partial charge in [0.05, 0.1) is 12.5 Å². The number of carbonyl (C=O) groups is 2. The lowest BCUT2D eigenvalue weighted by molar-refractivity contribution is -0.146. The van der Waals surface area contributed by atoms with Crippen molar-refractivity contribution in [2.75, 3.05) is 25.5 Å². The predicted octanol–water partition coefficient (Wildman–Crippen LogP) is 4.17. The first-order valence-corrected chi connectivity index (χ1v) is 9.42. The smallest absolute Gasteiger partial charge is 0.321 e. The number of carbonyl (C=O) groups excluding carboxylic acids is 1. The Balaban J connectivity index is 1.57. The molecule has 2 aromatic carbocycles. The molecule has 1 saturated heterocycles. The lowest BCUT2D eigenvalue weighted by Gasteiger charge is -2.20. The van der Waals surface area contributed by atoms with E-state index >= 15 is 0 Å². The van der Waals surface area contributed by atoms with Gasteiger partial charge in [-0.25, -0.2) is 4.79 Å². The van der Waals surface area contributed by atoms with Crippen molar-refractivity contribution in [3.63, 3.8) is 0 Å². The number of urea groups is 1. The van der Waals surface area contributed by atoms with Crippen molar-refractivity contribution in [1.82, 2.24) is 4.90 Å². The molecule has 1 fully saturated rings. The largest absolute Gasteiger partial charge is 0.497 e. The normalized spacial score (nSPS) is 19.0.